The van der Waals surface area contributed by atoms with Crippen molar-refractivity contribution in [1.82, 2.24) is 10.6 Å². The maximum atomic E-state index is 12.1. The van der Waals surface area contributed by atoms with E-state index in [1.807, 2.05) is 19.1 Å². The molecule has 2 N–H and O–H groups in total. The Labute approximate surface area is 130 Å². The summed E-state index contributed by atoms with van der Waals surface area (Å²) in [7, 11) is 1.61. The predicted octanol–water partition coefficient (Wildman–Crippen LogP) is 2.81. The zero-order chi connectivity index (χ0) is 15.5. The maximum Gasteiger partial charge on any atom is 0.191 e. The number of alkyl halides is 1. The highest BCUT2D eigenvalue weighted by atomic mass is 35.5. The van der Waals surface area contributed by atoms with E-state index < -0.39 is 0 Å². The fourth-order valence-electron chi connectivity index (χ4n) is 1.77. The van der Waals surface area contributed by atoms with Crippen LogP contribution in [0.15, 0.2) is 23.2 Å². The van der Waals surface area contributed by atoms with Crippen LogP contribution in [0.4, 0.5) is 4.39 Å². The van der Waals surface area contributed by atoms with Crippen molar-refractivity contribution >= 4 is 17.6 Å². The van der Waals surface area contributed by atoms with Crippen LogP contribution in [0.5, 0.6) is 5.75 Å². The Morgan fingerprint density at radius 1 is 1.38 bits per heavy atom. The predicted molar refractivity (Wildman–Crippen MR) is 86.3 cm³/mol. The molecule has 6 heteroatoms. The molecule has 0 saturated heterocycles. The molecule has 118 valence electrons. The Balaban J connectivity index is 2.47. The van der Waals surface area contributed by atoms with Crippen LogP contribution in [0.25, 0.3) is 0 Å². The summed E-state index contributed by atoms with van der Waals surface area (Å²) in [6.45, 7) is 3.60. The Hall–Kier alpha value is -1.49. The fourth-order valence-corrected chi connectivity index (χ4v) is 2.03. The summed E-state index contributed by atoms with van der Waals surface area (Å²) in [5, 5.41) is 7.02. The second kappa shape index (κ2) is 10.3. The molecule has 0 fully saturated rings. The molecular weight excluding hydrogens is 293 g/mol. The highest BCUT2D eigenvalue weighted by Gasteiger charge is 2.03. The summed E-state index contributed by atoms with van der Waals surface area (Å²) in [5.41, 5.74) is 1.05. The molecule has 0 radical (unpaired) electrons. The summed E-state index contributed by atoms with van der Waals surface area (Å²) in [6.07, 6.45) is 1.22. The van der Waals surface area contributed by atoms with Crippen molar-refractivity contribution in [1.29, 1.82) is 0 Å². The van der Waals surface area contributed by atoms with E-state index in [0.29, 0.717) is 30.5 Å². The minimum Gasteiger partial charge on any atom is -0.497 e. The summed E-state index contributed by atoms with van der Waals surface area (Å²) < 4.78 is 17.2. The molecule has 0 spiro atoms. The maximum absolute atomic E-state index is 12.1. The highest BCUT2D eigenvalue weighted by molar-refractivity contribution is 6.31. The second-order valence-corrected chi connectivity index (χ2v) is 4.84. The molecule has 0 heterocycles. The quantitative estimate of drug-likeness (QED) is 0.440. The van der Waals surface area contributed by atoms with Crippen LogP contribution < -0.4 is 15.4 Å². The van der Waals surface area contributed by atoms with E-state index in [4.69, 9.17) is 16.3 Å². The summed E-state index contributed by atoms with van der Waals surface area (Å²) >= 11 is 6.19. The molecule has 0 unspecified atom stereocenters. The first kappa shape index (κ1) is 17.6. The van der Waals surface area contributed by atoms with Gasteiger partial charge in [0.25, 0.3) is 0 Å². The minimum absolute atomic E-state index is 0.343. The molecule has 0 aliphatic rings. The molecule has 0 aliphatic heterocycles. The Morgan fingerprint density at radius 3 is 2.81 bits per heavy atom. The van der Waals surface area contributed by atoms with E-state index in [0.717, 1.165) is 24.3 Å². The molecule has 1 aromatic rings. The first-order valence-electron chi connectivity index (χ1n) is 7.11. The van der Waals surface area contributed by atoms with Gasteiger partial charge in [-0.05, 0) is 37.5 Å². The number of nitrogens with one attached hydrogen (secondary N) is 2. The van der Waals surface area contributed by atoms with Crippen LogP contribution in [0.1, 0.15) is 18.9 Å². The van der Waals surface area contributed by atoms with E-state index in [-0.39, 0.29) is 6.67 Å². The van der Waals surface area contributed by atoms with Gasteiger partial charge in [-0.3, -0.25) is 9.38 Å². The largest absolute Gasteiger partial charge is 0.497 e. The number of ether oxygens (including phenoxy) is 1. The molecule has 0 aromatic heterocycles. The van der Waals surface area contributed by atoms with Gasteiger partial charge in [0.05, 0.1) is 13.8 Å². The van der Waals surface area contributed by atoms with E-state index in [1.54, 1.807) is 13.2 Å². The van der Waals surface area contributed by atoms with Crippen molar-refractivity contribution in [2.45, 2.75) is 19.8 Å². The number of aliphatic imine (C=N–C) groups is 1. The average Bonchev–Trinajstić information content (AvgIpc) is 2.49. The molecule has 4 nitrogen and oxygen atoms in total. The molecule has 1 rings (SSSR count). The van der Waals surface area contributed by atoms with Gasteiger partial charge in [-0.25, -0.2) is 0 Å². The number of rotatable bonds is 8. The van der Waals surface area contributed by atoms with E-state index in [1.165, 1.54) is 0 Å². The lowest BCUT2D eigenvalue weighted by Crippen LogP contribution is -2.38. The summed E-state index contributed by atoms with van der Waals surface area (Å²) in [6, 6.07) is 5.65. The second-order valence-electron chi connectivity index (χ2n) is 4.44. The lowest BCUT2D eigenvalue weighted by molar-refractivity contribution is 0.414. The topological polar surface area (TPSA) is 45.7 Å². The van der Waals surface area contributed by atoms with E-state index in [2.05, 4.69) is 15.6 Å². The van der Waals surface area contributed by atoms with Crippen molar-refractivity contribution in [2.75, 3.05) is 33.4 Å². The Bertz CT molecular complexity index is 455. The first-order chi connectivity index (χ1) is 10.2. The van der Waals surface area contributed by atoms with E-state index in [9.17, 15) is 4.39 Å². The molecule has 1 aromatic carbocycles. The van der Waals surface area contributed by atoms with Crippen molar-refractivity contribution in [2.24, 2.45) is 4.99 Å². The summed E-state index contributed by atoms with van der Waals surface area (Å²) in [4.78, 5) is 4.29. The van der Waals surface area contributed by atoms with Crippen molar-refractivity contribution < 1.29 is 9.13 Å². The molecule has 21 heavy (non-hydrogen) atoms. The van der Waals surface area contributed by atoms with Crippen molar-refractivity contribution in [3.63, 3.8) is 0 Å². The van der Waals surface area contributed by atoms with Crippen LogP contribution in [0.2, 0.25) is 5.02 Å². The van der Waals surface area contributed by atoms with Gasteiger partial charge >= 0.3 is 0 Å². The molecule has 0 saturated carbocycles. The zero-order valence-electron chi connectivity index (χ0n) is 12.6. The third-order valence-electron chi connectivity index (χ3n) is 2.85. The van der Waals surface area contributed by atoms with Crippen LogP contribution in [0.3, 0.4) is 0 Å². The standard InChI is InChI=1S/C15H23ClFN3O/c1-3-18-15(19-9-4-8-17)20-10-7-12-5-6-13(21-2)11-14(12)16/h5-6,11H,3-4,7-10H2,1-2H3,(H2,18,19,20). The minimum atomic E-state index is -0.343. The van der Waals surface area contributed by atoms with Crippen molar-refractivity contribution in [3.05, 3.63) is 28.8 Å². The normalized spacial score (nSPS) is 11.3. The highest BCUT2D eigenvalue weighted by Crippen LogP contribution is 2.22. The number of hydrogen-bond acceptors (Lipinski definition) is 2. The van der Waals surface area contributed by atoms with E-state index >= 15 is 0 Å². The average molecular weight is 316 g/mol. The van der Waals surface area contributed by atoms with Gasteiger partial charge in [0.15, 0.2) is 5.96 Å². The van der Waals surface area contributed by atoms with Gasteiger partial charge < -0.3 is 15.4 Å². The van der Waals surface area contributed by atoms with Crippen LogP contribution in [-0.2, 0) is 6.42 Å². The third kappa shape index (κ3) is 6.67. The lowest BCUT2D eigenvalue weighted by Gasteiger charge is -2.12. The third-order valence-corrected chi connectivity index (χ3v) is 3.20. The number of nitrogens with zero attached hydrogens (tertiary/aromatic N) is 1. The zero-order valence-corrected chi connectivity index (χ0v) is 13.3. The van der Waals surface area contributed by atoms with Crippen LogP contribution >= 0.6 is 11.6 Å². The molecule has 0 bridgehead atoms. The SMILES string of the molecule is CCNC(=NCCCF)NCCc1ccc(OC)cc1Cl. The number of hydrogen-bond donors (Lipinski definition) is 2. The van der Waals surface area contributed by atoms with Gasteiger partial charge in [0, 0.05) is 24.7 Å². The van der Waals surface area contributed by atoms with Crippen molar-refractivity contribution in [3.8, 4) is 5.75 Å². The lowest BCUT2D eigenvalue weighted by atomic mass is 10.1. The Kier molecular flexibility index (Phi) is 8.59. The number of methoxy groups -OCH3 is 1. The fraction of sp³-hybridized carbons (Fsp3) is 0.533. The monoisotopic (exact) mass is 315 g/mol. The van der Waals surface area contributed by atoms with Gasteiger partial charge in [0.2, 0.25) is 0 Å². The molecule has 0 aliphatic carbocycles. The molecule has 0 amide bonds. The molecule has 0 atom stereocenters. The van der Waals surface area contributed by atoms with Crippen LogP contribution in [0, 0.1) is 0 Å². The first-order valence-corrected chi connectivity index (χ1v) is 7.49. The smallest absolute Gasteiger partial charge is 0.191 e. The van der Waals surface area contributed by atoms with Gasteiger partial charge in [0.1, 0.15) is 5.75 Å². The molecular formula is C15H23ClFN3O. The van der Waals surface area contributed by atoms with Gasteiger partial charge in [-0.2, -0.15) is 0 Å². The summed E-state index contributed by atoms with van der Waals surface area (Å²) in [5.74, 6) is 1.45. The number of guanidine groups is 1. The van der Waals surface area contributed by atoms with Gasteiger partial charge in [-0.15, -0.1) is 0 Å². The number of halogens is 2. The number of benzene rings is 1. The Morgan fingerprint density at radius 2 is 2.19 bits per heavy atom. The van der Waals surface area contributed by atoms with Gasteiger partial charge in [-0.1, -0.05) is 17.7 Å². The van der Waals surface area contributed by atoms with Crippen LogP contribution in [-0.4, -0.2) is 39.4 Å².